The molecular formula is C22H18ClF4N5O3. The van der Waals surface area contributed by atoms with Gasteiger partial charge in [0.1, 0.15) is 5.75 Å². The number of phenolic OH excluding ortho intramolecular Hbond substituents is 1. The molecule has 4 rings (SSSR count). The first-order valence-electron chi connectivity index (χ1n) is 10.2. The van der Waals surface area contributed by atoms with Gasteiger partial charge in [0.15, 0.2) is 11.6 Å². The summed E-state index contributed by atoms with van der Waals surface area (Å²) < 4.78 is 58.7. The number of ether oxygens (including phenoxy) is 1. The van der Waals surface area contributed by atoms with Crippen molar-refractivity contribution < 1.29 is 32.2 Å². The molecule has 1 aliphatic rings. The maximum absolute atomic E-state index is 14.2. The minimum Gasteiger partial charge on any atom is -0.506 e. The number of amides is 1. The lowest BCUT2D eigenvalue weighted by Crippen LogP contribution is -2.38. The van der Waals surface area contributed by atoms with Crippen LogP contribution in [0.3, 0.4) is 0 Å². The number of nitrogens with zero attached hydrogens (tertiary/aromatic N) is 3. The van der Waals surface area contributed by atoms with Crippen LogP contribution in [0, 0.1) is 5.82 Å². The highest BCUT2D eigenvalue weighted by Gasteiger charge is 2.30. The normalized spacial score (nSPS) is 14.0. The van der Waals surface area contributed by atoms with Crippen molar-refractivity contribution in [3.05, 3.63) is 64.6 Å². The van der Waals surface area contributed by atoms with Crippen LogP contribution in [0.2, 0.25) is 5.02 Å². The second kappa shape index (κ2) is 9.92. The summed E-state index contributed by atoms with van der Waals surface area (Å²) in [6.07, 6.45) is -3.62. The number of hydrazine groups is 1. The van der Waals surface area contributed by atoms with Crippen LogP contribution in [0.4, 0.5) is 29.3 Å². The van der Waals surface area contributed by atoms with Gasteiger partial charge in [-0.15, -0.1) is 0 Å². The average Bonchev–Trinajstić information content (AvgIpc) is 2.85. The topological polar surface area (TPSA) is 99.6 Å². The quantitative estimate of drug-likeness (QED) is 0.348. The van der Waals surface area contributed by atoms with E-state index in [1.807, 2.05) is 0 Å². The lowest BCUT2D eigenvalue weighted by Gasteiger charge is -2.28. The molecule has 8 nitrogen and oxygen atoms in total. The zero-order valence-corrected chi connectivity index (χ0v) is 18.6. The zero-order valence-electron chi connectivity index (χ0n) is 17.9. The number of anilines is 2. The highest BCUT2D eigenvalue weighted by atomic mass is 35.5. The summed E-state index contributed by atoms with van der Waals surface area (Å²) in [6, 6.07) is 6.89. The SMILES string of the molecule is O=C(NNc1ncc(F)c(N2CCOCC2)n1)c1cc(-c2cccc(C(F)(F)F)c2)cc(Cl)c1O. The Morgan fingerprint density at radius 2 is 1.89 bits per heavy atom. The third-order valence-corrected chi connectivity index (χ3v) is 5.44. The molecule has 2 heterocycles. The number of aromatic hydroxyl groups is 1. The molecular weight excluding hydrogens is 494 g/mol. The van der Waals surface area contributed by atoms with Gasteiger partial charge in [-0.1, -0.05) is 23.7 Å². The highest BCUT2D eigenvalue weighted by Crippen LogP contribution is 2.36. The highest BCUT2D eigenvalue weighted by molar-refractivity contribution is 6.33. The van der Waals surface area contributed by atoms with Crippen molar-refractivity contribution in [2.24, 2.45) is 0 Å². The molecule has 184 valence electrons. The third-order valence-electron chi connectivity index (χ3n) is 5.16. The number of nitrogens with one attached hydrogen (secondary N) is 2. The molecule has 1 amide bonds. The second-order valence-electron chi connectivity index (χ2n) is 7.48. The Kier molecular flexibility index (Phi) is 6.94. The lowest BCUT2D eigenvalue weighted by molar-refractivity contribution is -0.137. The molecule has 3 aromatic rings. The van der Waals surface area contributed by atoms with Crippen LogP contribution < -0.4 is 15.8 Å². The predicted molar refractivity (Wildman–Crippen MR) is 120 cm³/mol. The number of hydrogen-bond donors (Lipinski definition) is 3. The van der Waals surface area contributed by atoms with Crippen LogP contribution in [0.5, 0.6) is 5.75 Å². The molecule has 0 atom stereocenters. The number of alkyl halides is 3. The summed E-state index contributed by atoms with van der Waals surface area (Å²) in [5.41, 5.74) is 3.83. The molecule has 0 unspecified atom stereocenters. The summed E-state index contributed by atoms with van der Waals surface area (Å²) >= 11 is 6.03. The van der Waals surface area contributed by atoms with E-state index in [4.69, 9.17) is 16.3 Å². The fourth-order valence-electron chi connectivity index (χ4n) is 3.41. The minimum absolute atomic E-state index is 0.0254. The average molecular weight is 512 g/mol. The fourth-order valence-corrected chi connectivity index (χ4v) is 3.63. The van der Waals surface area contributed by atoms with Gasteiger partial charge in [0.05, 0.1) is 35.6 Å². The molecule has 35 heavy (non-hydrogen) atoms. The van der Waals surface area contributed by atoms with Crippen molar-refractivity contribution in [1.29, 1.82) is 0 Å². The molecule has 1 saturated heterocycles. The van der Waals surface area contributed by atoms with E-state index in [1.54, 1.807) is 4.90 Å². The van der Waals surface area contributed by atoms with Gasteiger partial charge in [-0.25, -0.2) is 9.37 Å². The molecule has 0 aliphatic carbocycles. The van der Waals surface area contributed by atoms with Gasteiger partial charge in [0.25, 0.3) is 5.91 Å². The molecule has 1 fully saturated rings. The van der Waals surface area contributed by atoms with Gasteiger partial charge >= 0.3 is 6.18 Å². The first kappa shape index (κ1) is 24.5. The predicted octanol–water partition coefficient (Wildman–Crippen LogP) is 4.25. The maximum atomic E-state index is 14.2. The van der Waals surface area contributed by atoms with Crippen LogP contribution in [-0.4, -0.2) is 47.3 Å². The van der Waals surface area contributed by atoms with Crippen LogP contribution in [-0.2, 0) is 10.9 Å². The van der Waals surface area contributed by atoms with Crippen molar-refractivity contribution in [2.45, 2.75) is 6.18 Å². The van der Waals surface area contributed by atoms with Gasteiger partial charge in [-0.05, 0) is 35.4 Å². The Morgan fingerprint density at radius 1 is 1.14 bits per heavy atom. The first-order chi connectivity index (χ1) is 16.6. The van der Waals surface area contributed by atoms with Crippen LogP contribution in [0.1, 0.15) is 15.9 Å². The Labute approximate surface area is 201 Å². The monoisotopic (exact) mass is 511 g/mol. The smallest absolute Gasteiger partial charge is 0.416 e. The number of benzene rings is 2. The van der Waals surface area contributed by atoms with Gasteiger partial charge < -0.3 is 14.7 Å². The van der Waals surface area contributed by atoms with E-state index in [0.29, 0.717) is 26.3 Å². The Morgan fingerprint density at radius 3 is 2.60 bits per heavy atom. The Balaban J connectivity index is 1.55. The second-order valence-corrected chi connectivity index (χ2v) is 7.88. The van der Waals surface area contributed by atoms with E-state index in [9.17, 15) is 27.5 Å². The van der Waals surface area contributed by atoms with Crippen molar-refractivity contribution in [3.8, 4) is 16.9 Å². The fraction of sp³-hybridized carbons (Fsp3) is 0.227. The lowest BCUT2D eigenvalue weighted by atomic mass is 10.00. The molecule has 0 saturated carbocycles. The molecule has 1 aromatic heterocycles. The standard InChI is InChI=1S/C22H18ClF4N5O3/c23-16-10-13(12-2-1-3-14(8-12)22(25,26)27)9-15(18(16)33)20(34)30-31-21-28-11-17(24)19(29-21)32-4-6-35-7-5-32/h1-3,8-11,33H,4-7H2,(H,30,34)(H,28,29,31). The number of halogens is 5. The zero-order chi connectivity index (χ0) is 25.2. The first-order valence-corrected chi connectivity index (χ1v) is 10.6. The van der Waals surface area contributed by atoms with Gasteiger partial charge in [-0.2, -0.15) is 18.2 Å². The molecule has 3 N–H and O–H groups in total. The van der Waals surface area contributed by atoms with Crippen molar-refractivity contribution in [1.82, 2.24) is 15.4 Å². The number of carbonyl (C=O) groups excluding carboxylic acids is 1. The summed E-state index contributed by atoms with van der Waals surface area (Å²) in [6.45, 7) is 1.67. The van der Waals surface area contributed by atoms with Crippen LogP contribution in [0.25, 0.3) is 11.1 Å². The van der Waals surface area contributed by atoms with Gasteiger partial charge in [0, 0.05) is 13.1 Å². The summed E-state index contributed by atoms with van der Waals surface area (Å²) in [4.78, 5) is 22.2. The molecule has 0 bridgehead atoms. The third kappa shape index (κ3) is 5.54. The summed E-state index contributed by atoms with van der Waals surface area (Å²) in [7, 11) is 0. The molecule has 2 aromatic carbocycles. The van der Waals surface area contributed by atoms with Crippen LogP contribution in [0.15, 0.2) is 42.6 Å². The van der Waals surface area contributed by atoms with E-state index in [2.05, 4.69) is 20.8 Å². The summed E-state index contributed by atoms with van der Waals surface area (Å²) in [5, 5.41) is 10.0. The number of rotatable bonds is 5. The van der Waals surface area contributed by atoms with Crippen molar-refractivity contribution in [3.63, 3.8) is 0 Å². The van der Waals surface area contributed by atoms with Crippen molar-refractivity contribution in [2.75, 3.05) is 36.6 Å². The Bertz CT molecular complexity index is 1250. The van der Waals surface area contributed by atoms with Crippen molar-refractivity contribution >= 4 is 29.3 Å². The molecule has 0 spiro atoms. The van der Waals surface area contributed by atoms with E-state index < -0.39 is 29.2 Å². The van der Waals surface area contributed by atoms with E-state index in [-0.39, 0.29) is 33.5 Å². The van der Waals surface area contributed by atoms with E-state index >= 15 is 0 Å². The van der Waals surface area contributed by atoms with E-state index in [0.717, 1.165) is 18.3 Å². The Hall–Kier alpha value is -3.64. The molecule has 0 radical (unpaired) electrons. The number of phenols is 1. The number of carbonyl (C=O) groups is 1. The van der Waals surface area contributed by atoms with Gasteiger partial charge in [0.2, 0.25) is 5.95 Å². The van der Waals surface area contributed by atoms with E-state index in [1.165, 1.54) is 24.3 Å². The van der Waals surface area contributed by atoms with Crippen LogP contribution >= 0.6 is 11.6 Å². The molecule has 13 heteroatoms. The summed E-state index contributed by atoms with van der Waals surface area (Å²) in [5.74, 6) is -2.20. The largest absolute Gasteiger partial charge is 0.506 e. The minimum atomic E-state index is -4.56. The number of morpholine rings is 1. The number of aromatic nitrogens is 2. The number of hydrogen-bond acceptors (Lipinski definition) is 7. The van der Waals surface area contributed by atoms with Gasteiger partial charge in [-0.3, -0.25) is 15.6 Å². The maximum Gasteiger partial charge on any atom is 0.416 e. The molecule has 1 aliphatic heterocycles.